The third-order valence-corrected chi connectivity index (χ3v) is 4.84. The van der Waals surface area contributed by atoms with Crippen LogP contribution in [0.15, 0.2) is 0 Å². The molecule has 0 radical (unpaired) electrons. The molecule has 6 nitrogen and oxygen atoms in total. The molecule has 0 aliphatic carbocycles. The van der Waals surface area contributed by atoms with Crippen LogP contribution >= 0.6 is 34.7 Å². The van der Waals surface area contributed by atoms with Gasteiger partial charge in [-0.15, -0.1) is 0 Å². The molecule has 1 saturated heterocycles. The summed E-state index contributed by atoms with van der Waals surface area (Å²) in [6.07, 6.45) is 1.40. The van der Waals surface area contributed by atoms with Gasteiger partial charge in [0.2, 0.25) is 0 Å². The molecule has 0 unspecified atom stereocenters. The number of hydrogen-bond donors (Lipinski definition) is 1. The van der Waals surface area contributed by atoms with Gasteiger partial charge in [0.25, 0.3) is 5.91 Å². The predicted molar refractivity (Wildman–Crippen MR) is 83.6 cm³/mol. The first-order chi connectivity index (χ1) is 10.5. The van der Waals surface area contributed by atoms with Crippen molar-refractivity contribution < 1.29 is 19.1 Å². The fraction of sp³-hybridized carbons (Fsp3) is 0.615. The molecule has 0 bridgehead atoms. The predicted octanol–water partition coefficient (Wildman–Crippen LogP) is 2.68. The quantitative estimate of drug-likeness (QED) is 0.783. The normalized spacial score (nSPS) is 19.0. The lowest BCUT2D eigenvalue weighted by Crippen LogP contribution is -2.40. The van der Waals surface area contributed by atoms with Crippen molar-refractivity contribution >= 4 is 46.6 Å². The number of carbonyl (C=O) groups is 2. The van der Waals surface area contributed by atoms with Gasteiger partial charge in [0.1, 0.15) is 9.36 Å². The van der Waals surface area contributed by atoms with E-state index in [1.807, 2.05) is 0 Å². The summed E-state index contributed by atoms with van der Waals surface area (Å²) in [4.78, 5) is 24.1. The Labute approximate surface area is 142 Å². The molecular weight excluding hydrogens is 351 g/mol. The lowest BCUT2D eigenvalue weighted by molar-refractivity contribution is -0.130. The summed E-state index contributed by atoms with van der Waals surface area (Å²) in [5, 5.41) is 2.78. The van der Waals surface area contributed by atoms with Crippen LogP contribution in [-0.2, 0) is 14.3 Å². The highest BCUT2D eigenvalue weighted by Crippen LogP contribution is 2.30. The van der Waals surface area contributed by atoms with Gasteiger partial charge in [0.15, 0.2) is 11.8 Å². The van der Waals surface area contributed by atoms with Crippen molar-refractivity contribution in [3.05, 3.63) is 15.1 Å². The van der Waals surface area contributed by atoms with Gasteiger partial charge < -0.3 is 14.8 Å². The van der Waals surface area contributed by atoms with Gasteiger partial charge in [0, 0.05) is 13.2 Å². The van der Waals surface area contributed by atoms with E-state index in [1.54, 1.807) is 6.92 Å². The Morgan fingerprint density at radius 2 is 2.32 bits per heavy atom. The van der Waals surface area contributed by atoms with Gasteiger partial charge in [-0.05, 0) is 30.8 Å². The SMILES string of the molecule is CC[C@@H](OC(=O)c1nsc(Cl)c1Cl)C(=O)NC[C@@H]1CCCO1. The largest absolute Gasteiger partial charge is 0.447 e. The zero-order chi connectivity index (χ0) is 16.1. The van der Waals surface area contributed by atoms with Crippen LogP contribution in [0.4, 0.5) is 0 Å². The van der Waals surface area contributed by atoms with Gasteiger partial charge in [-0.1, -0.05) is 30.1 Å². The Morgan fingerprint density at radius 1 is 1.55 bits per heavy atom. The third kappa shape index (κ3) is 4.32. The van der Waals surface area contributed by atoms with Crippen molar-refractivity contribution in [2.45, 2.75) is 38.4 Å². The Hall–Kier alpha value is -0.890. The second-order valence-electron chi connectivity index (χ2n) is 4.80. The second kappa shape index (κ2) is 8.10. The number of nitrogens with zero attached hydrogens (tertiary/aromatic N) is 1. The van der Waals surface area contributed by atoms with Crippen molar-refractivity contribution in [2.75, 3.05) is 13.2 Å². The molecule has 1 aromatic heterocycles. The van der Waals surface area contributed by atoms with Crippen LogP contribution in [-0.4, -0.2) is 41.6 Å². The summed E-state index contributed by atoms with van der Waals surface area (Å²) >= 11 is 12.5. The topological polar surface area (TPSA) is 77.5 Å². The maximum absolute atomic E-state index is 12.1. The zero-order valence-corrected chi connectivity index (χ0v) is 14.3. The van der Waals surface area contributed by atoms with Crippen molar-refractivity contribution in [3.63, 3.8) is 0 Å². The molecule has 22 heavy (non-hydrogen) atoms. The molecule has 2 atom stereocenters. The number of amides is 1. The molecular formula is C13H16Cl2N2O4S. The number of carbonyl (C=O) groups excluding carboxylic acids is 2. The zero-order valence-electron chi connectivity index (χ0n) is 11.9. The lowest BCUT2D eigenvalue weighted by atomic mass is 10.2. The first-order valence-electron chi connectivity index (χ1n) is 6.93. The average molecular weight is 367 g/mol. The van der Waals surface area contributed by atoms with Crippen molar-refractivity contribution in [2.24, 2.45) is 0 Å². The first-order valence-corrected chi connectivity index (χ1v) is 8.46. The van der Waals surface area contributed by atoms with E-state index in [-0.39, 0.29) is 27.1 Å². The fourth-order valence-corrected chi connectivity index (χ4v) is 3.01. The lowest BCUT2D eigenvalue weighted by Gasteiger charge is -2.17. The van der Waals surface area contributed by atoms with E-state index in [9.17, 15) is 9.59 Å². The molecule has 1 fully saturated rings. The summed E-state index contributed by atoms with van der Waals surface area (Å²) in [6, 6.07) is 0. The number of ether oxygens (including phenoxy) is 2. The average Bonchev–Trinajstić information content (AvgIpc) is 3.13. The second-order valence-corrected chi connectivity index (χ2v) is 6.55. The first kappa shape index (κ1) is 17.5. The van der Waals surface area contributed by atoms with Gasteiger partial charge in [-0.3, -0.25) is 4.79 Å². The minimum absolute atomic E-state index is 0.0314. The smallest absolute Gasteiger partial charge is 0.360 e. The van der Waals surface area contributed by atoms with Gasteiger partial charge in [0.05, 0.1) is 6.10 Å². The van der Waals surface area contributed by atoms with Crippen LogP contribution in [0.3, 0.4) is 0 Å². The van der Waals surface area contributed by atoms with Crippen LogP contribution in [0.5, 0.6) is 0 Å². The van der Waals surface area contributed by atoms with Crippen LogP contribution in [0.1, 0.15) is 36.7 Å². The molecule has 1 amide bonds. The molecule has 1 aliphatic rings. The molecule has 1 N–H and O–H groups in total. The summed E-state index contributed by atoms with van der Waals surface area (Å²) in [5.74, 6) is -1.11. The number of hydrogen-bond acceptors (Lipinski definition) is 6. The van der Waals surface area contributed by atoms with E-state index in [1.165, 1.54) is 0 Å². The highest BCUT2D eigenvalue weighted by molar-refractivity contribution is 7.11. The number of halogens is 2. The van der Waals surface area contributed by atoms with Crippen LogP contribution < -0.4 is 5.32 Å². The number of nitrogens with one attached hydrogen (secondary N) is 1. The Morgan fingerprint density at radius 3 is 2.86 bits per heavy atom. The maximum Gasteiger partial charge on any atom is 0.360 e. The minimum atomic E-state index is -0.898. The van der Waals surface area contributed by atoms with E-state index < -0.39 is 12.1 Å². The number of rotatable bonds is 6. The number of aromatic nitrogens is 1. The summed E-state index contributed by atoms with van der Waals surface area (Å²) in [5.41, 5.74) is -0.0676. The Bertz CT molecular complexity index is 546. The molecule has 1 aromatic rings. The third-order valence-electron chi connectivity index (χ3n) is 3.23. The number of esters is 1. The molecule has 2 heterocycles. The van der Waals surface area contributed by atoms with Crippen LogP contribution in [0, 0.1) is 0 Å². The van der Waals surface area contributed by atoms with Gasteiger partial charge in [-0.25, -0.2) is 4.79 Å². The van der Waals surface area contributed by atoms with Crippen molar-refractivity contribution in [1.29, 1.82) is 0 Å². The molecule has 0 aromatic carbocycles. The maximum atomic E-state index is 12.1. The van der Waals surface area contributed by atoms with Crippen LogP contribution in [0.2, 0.25) is 9.36 Å². The molecule has 1 aliphatic heterocycles. The fourth-order valence-electron chi connectivity index (χ4n) is 2.03. The van der Waals surface area contributed by atoms with E-state index in [0.29, 0.717) is 13.0 Å². The minimum Gasteiger partial charge on any atom is -0.447 e. The van der Waals surface area contributed by atoms with E-state index >= 15 is 0 Å². The molecule has 9 heteroatoms. The van der Waals surface area contributed by atoms with Crippen molar-refractivity contribution in [3.8, 4) is 0 Å². The van der Waals surface area contributed by atoms with Gasteiger partial charge in [-0.2, -0.15) is 4.37 Å². The van der Waals surface area contributed by atoms with Gasteiger partial charge >= 0.3 is 5.97 Å². The monoisotopic (exact) mass is 366 g/mol. The Kier molecular flexibility index (Phi) is 6.43. The van der Waals surface area contributed by atoms with E-state index in [4.69, 9.17) is 32.7 Å². The molecule has 0 spiro atoms. The summed E-state index contributed by atoms with van der Waals surface area (Å²) < 4.78 is 14.6. The summed E-state index contributed by atoms with van der Waals surface area (Å²) in [7, 11) is 0. The van der Waals surface area contributed by atoms with Crippen LogP contribution in [0.25, 0.3) is 0 Å². The summed E-state index contributed by atoms with van der Waals surface area (Å²) in [6.45, 7) is 2.88. The van der Waals surface area contributed by atoms with E-state index in [2.05, 4.69) is 9.69 Å². The standard InChI is InChI=1S/C13H16Cl2N2O4S/c1-2-8(12(18)16-6-7-4-3-5-20-7)21-13(19)10-9(14)11(15)22-17-10/h7-8H,2-6H2,1H3,(H,16,18)/t7-,8+/m0/s1. The van der Waals surface area contributed by atoms with Crippen molar-refractivity contribution in [1.82, 2.24) is 9.69 Å². The molecule has 122 valence electrons. The Balaban J connectivity index is 1.88. The molecule has 0 saturated carbocycles. The molecule has 2 rings (SSSR count). The van der Waals surface area contributed by atoms with E-state index in [0.717, 1.165) is 31.0 Å². The highest BCUT2D eigenvalue weighted by Gasteiger charge is 2.26. The highest BCUT2D eigenvalue weighted by atomic mass is 35.5.